The number of benzene rings is 2. The second kappa shape index (κ2) is 5.51. The highest BCUT2D eigenvalue weighted by atomic mass is 32.2. The molecule has 0 bridgehead atoms. The van der Waals surface area contributed by atoms with E-state index in [1.165, 1.54) is 24.3 Å². The molecule has 0 spiro atoms. The van der Waals surface area contributed by atoms with Gasteiger partial charge in [-0.2, -0.15) is 0 Å². The third kappa shape index (κ3) is 2.29. The molecule has 118 valence electrons. The fraction of sp³-hybridized carbons (Fsp3) is 0.125. The Bertz CT molecular complexity index is 851. The Morgan fingerprint density at radius 2 is 1.43 bits per heavy atom. The average molecular weight is 331 g/mol. The normalized spacial score (nSPS) is 14.6. The summed E-state index contributed by atoms with van der Waals surface area (Å²) in [4.78, 5) is 25.4. The van der Waals surface area contributed by atoms with Gasteiger partial charge in [-0.1, -0.05) is 24.3 Å². The molecular formula is C16H13NO5S. The Kier molecular flexibility index (Phi) is 3.65. The van der Waals surface area contributed by atoms with Crippen LogP contribution in [0, 0.1) is 0 Å². The number of anilines is 2. The molecule has 0 saturated carbocycles. The SMILES string of the molecule is CCOC(=O)C(=O)N1c2ccccc2S(=O)(=O)c2ccccc21. The summed E-state index contributed by atoms with van der Waals surface area (Å²) in [7, 11) is -3.75. The van der Waals surface area contributed by atoms with Gasteiger partial charge in [0, 0.05) is 0 Å². The molecule has 0 atom stereocenters. The minimum atomic E-state index is -3.75. The smallest absolute Gasteiger partial charge is 0.397 e. The molecule has 1 heterocycles. The lowest BCUT2D eigenvalue weighted by molar-refractivity contribution is -0.152. The van der Waals surface area contributed by atoms with E-state index in [4.69, 9.17) is 4.74 Å². The Labute approximate surface area is 133 Å². The first-order chi connectivity index (χ1) is 11.0. The summed E-state index contributed by atoms with van der Waals surface area (Å²) in [5.74, 6) is -1.96. The van der Waals surface area contributed by atoms with Crippen LogP contribution >= 0.6 is 0 Å². The van der Waals surface area contributed by atoms with Gasteiger partial charge in [0.2, 0.25) is 9.84 Å². The maximum atomic E-state index is 12.7. The van der Waals surface area contributed by atoms with Crippen LogP contribution in [0.4, 0.5) is 11.4 Å². The van der Waals surface area contributed by atoms with E-state index < -0.39 is 21.7 Å². The number of rotatable bonds is 1. The van der Waals surface area contributed by atoms with Gasteiger partial charge in [-0.05, 0) is 31.2 Å². The minimum Gasteiger partial charge on any atom is -0.459 e. The van der Waals surface area contributed by atoms with E-state index in [0.717, 1.165) is 4.90 Å². The molecular weight excluding hydrogens is 318 g/mol. The zero-order chi connectivity index (χ0) is 16.6. The Morgan fingerprint density at radius 3 is 1.91 bits per heavy atom. The molecule has 2 aromatic carbocycles. The molecule has 1 aliphatic heterocycles. The van der Waals surface area contributed by atoms with Crippen LogP contribution in [-0.2, 0) is 24.2 Å². The number of hydrogen-bond donors (Lipinski definition) is 0. The second-order valence-electron chi connectivity index (χ2n) is 4.80. The average Bonchev–Trinajstić information content (AvgIpc) is 2.55. The van der Waals surface area contributed by atoms with E-state index in [2.05, 4.69) is 0 Å². The first kappa shape index (κ1) is 15.2. The third-order valence-electron chi connectivity index (χ3n) is 3.44. The van der Waals surface area contributed by atoms with Gasteiger partial charge in [0.05, 0.1) is 27.8 Å². The van der Waals surface area contributed by atoms with Gasteiger partial charge in [-0.3, -0.25) is 9.69 Å². The summed E-state index contributed by atoms with van der Waals surface area (Å²) >= 11 is 0. The van der Waals surface area contributed by atoms with Crippen LogP contribution < -0.4 is 4.90 Å². The standard InChI is InChI=1S/C16H13NO5S/c1-2-22-16(19)15(18)17-11-7-3-5-9-13(11)23(20,21)14-10-6-4-8-12(14)17/h3-10H,2H2,1H3. The lowest BCUT2D eigenvalue weighted by atomic mass is 10.2. The van der Waals surface area contributed by atoms with Crippen LogP contribution in [0.1, 0.15) is 6.92 Å². The predicted octanol–water partition coefficient (Wildman–Crippen LogP) is 2.06. The van der Waals surface area contributed by atoms with Crippen molar-refractivity contribution < 1.29 is 22.7 Å². The second-order valence-corrected chi connectivity index (χ2v) is 6.69. The number of carbonyl (C=O) groups is 2. The first-order valence-electron chi connectivity index (χ1n) is 6.93. The molecule has 7 heteroatoms. The van der Waals surface area contributed by atoms with Gasteiger partial charge in [0.1, 0.15) is 0 Å². The maximum Gasteiger partial charge on any atom is 0.397 e. The first-order valence-corrected chi connectivity index (χ1v) is 8.41. The molecule has 0 aromatic heterocycles. The summed E-state index contributed by atoms with van der Waals surface area (Å²) in [6.45, 7) is 1.65. The van der Waals surface area contributed by atoms with E-state index in [9.17, 15) is 18.0 Å². The molecule has 0 fully saturated rings. The van der Waals surface area contributed by atoms with Crippen molar-refractivity contribution in [2.24, 2.45) is 0 Å². The lowest BCUT2D eigenvalue weighted by Crippen LogP contribution is -2.37. The number of amides is 1. The quantitative estimate of drug-likeness (QED) is 0.590. The summed E-state index contributed by atoms with van der Waals surface area (Å²) in [5.41, 5.74) is 0.286. The topological polar surface area (TPSA) is 80.8 Å². The monoisotopic (exact) mass is 331 g/mol. The predicted molar refractivity (Wildman–Crippen MR) is 82.1 cm³/mol. The number of ether oxygens (including phenoxy) is 1. The number of carbonyl (C=O) groups excluding carboxylic acids is 2. The third-order valence-corrected chi connectivity index (χ3v) is 5.29. The van der Waals surface area contributed by atoms with Gasteiger partial charge in [0.15, 0.2) is 0 Å². The summed E-state index contributed by atoms with van der Waals surface area (Å²) in [5, 5.41) is 0. The minimum absolute atomic E-state index is 0.0173. The van der Waals surface area contributed by atoms with Gasteiger partial charge in [-0.25, -0.2) is 13.2 Å². The summed E-state index contributed by atoms with van der Waals surface area (Å²) in [6, 6.07) is 12.1. The fourth-order valence-electron chi connectivity index (χ4n) is 2.49. The maximum absolute atomic E-state index is 12.7. The zero-order valence-electron chi connectivity index (χ0n) is 12.2. The van der Waals surface area contributed by atoms with Crippen LogP contribution in [0.5, 0.6) is 0 Å². The molecule has 23 heavy (non-hydrogen) atoms. The van der Waals surface area contributed by atoms with Crippen molar-refractivity contribution >= 4 is 33.1 Å². The van der Waals surface area contributed by atoms with Gasteiger partial charge < -0.3 is 4.74 Å². The van der Waals surface area contributed by atoms with Crippen molar-refractivity contribution in [3.8, 4) is 0 Å². The number of nitrogens with zero attached hydrogens (tertiary/aromatic N) is 1. The Hall–Kier alpha value is -2.67. The zero-order valence-corrected chi connectivity index (χ0v) is 13.0. The number of hydrogen-bond acceptors (Lipinski definition) is 5. The number of sulfone groups is 1. The van der Waals surface area contributed by atoms with Crippen molar-refractivity contribution in [2.45, 2.75) is 16.7 Å². The van der Waals surface area contributed by atoms with Crippen molar-refractivity contribution in [3.63, 3.8) is 0 Å². The van der Waals surface area contributed by atoms with Crippen molar-refractivity contribution in [1.29, 1.82) is 0 Å². The largest absolute Gasteiger partial charge is 0.459 e. The van der Waals surface area contributed by atoms with Crippen LogP contribution in [0.2, 0.25) is 0 Å². The summed E-state index contributed by atoms with van der Waals surface area (Å²) < 4.78 is 30.2. The molecule has 2 aromatic rings. The molecule has 0 saturated heterocycles. The summed E-state index contributed by atoms with van der Waals surface area (Å²) in [6.07, 6.45) is 0. The van der Waals surface area contributed by atoms with Gasteiger partial charge in [-0.15, -0.1) is 0 Å². The van der Waals surface area contributed by atoms with Gasteiger partial charge in [0.25, 0.3) is 0 Å². The molecule has 1 aliphatic rings. The molecule has 6 nitrogen and oxygen atoms in total. The van der Waals surface area contributed by atoms with Gasteiger partial charge >= 0.3 is 11.9 Å². The highest BCUT2D eigenvalue weighted by molar-refractivity contribution is 7.92. The molecule has 0 unspecified atom stereocenters. The molecule has 0 aliphatic carbocycles. The van der Waals surface area contributed by atoms with Crippen LogP contribution in [0.3, 0.4) is 0 Å². The van der Waals surface area contributed by atoms with E-state index in [-0.39, 0.29) is 27.8 Å². The number of fused-ring (bicyclic) bond motifs is 2. The van der Waals surface area contributed by atoms with Crippen LogP contribution in [0.25, 0.3) is 0 Å². The molecule has 0 radical (unpaired) electrons. The van der Waals surface area contributed by atoms with Crippen molar-refractivity contribution in [3.05, 3.63) is 48.5 Å². The fourth-order valence-corrected chi connectivity index (χ4v) is 4.11. The van der Waals surface area contributed by atoms with Crippen molar-refractivity contribution in [2.75, 3.05) is 11.5 Å². The van der Waals surface area contributed by atoms with Crippen LogP contribution in [-0.4, -0.2) is 26.9 Å². The van der Waals surface area contributed by atoms with E-state index >= 15 is 0 Å². The van der Waals surface area contributed by atoms with Crippen LogP contribution in [0.15, 0.2) is 58.3 Å². The van der Waals surface area contributed by atoms with Crippen molar-refractivity contribution in [1.82, 2.24) is 0 Å². The Balaban J connectivity index is 2.26. The van der Waals surface area contributed by atoms with E-state index in [0.29, 0.717) is 0 Å². The highest BCUT2D eigenvalue weighted by Crippen LogP contribution is 2.43. The van der Waals surface area contributed by atoms with E-state index in [1.807, 2.05) is 0 Å². The molecule has 1 amide bonds. The number of para-hydroxylation sites is 2. The van der Waals surface area contributed by atoms with E-state index in [1.54, 1.807) is 31.2 Å². The molecule has 3 rings (SSSR count). The Morgan fingerprint density at radius 1 is 0.957 bits per heavy atom. The number of esters is 1. The molecule has 0 N–H and O–H groups in total. The lowest BCUT2D eigenvalue weighted by Gasteiger charge is -2.30. The highest BCUT2D eigenvalue weighted by Gasteiger charge is 2.38.